The molecule has 0 radical (unpaired) electrons. The number of rotatable bonds is 4. The SMILES string of the molecule is CC[C@@H](NC1CCC1)C(=O)OC. The topological polar surface area (TPSA) is 38.3 Å². The van der Waals surface area contributed by atoms with Crippen molar-refractivity contribution in [2.24, 2.45) is 0 Å². The molecule has 0 saturated heterocycles. The third kappa shape index (κ3) is 2.21. The largest absolute Gasteiger partial charge is 0.468 e. The Balaban J connectivity index is 2.28. The average molecular weight is 171 g/mol. The molecule has 1 fully saturated rings. The Kier molecular flexibility index (Phi) is 3.53. The van der Waals surface area contributed by atoms with E-state index in [4.69, 9.17) is 0 Å². The number of hydrogen-bond acceptors (Lipinski definition) is 3. The molecule has 0 amide bonds. The second kappa shape index (κ2) is 4.45. The van der Waals surface area contributed by atoms with Crippen molar-refractivity contribution in [3.63, 3.8) is 0 Å². The van der Waals surface area contributed by atoms with Crippen LogP contribution < -0.4 is 5.32 Å². The third-order valence-electron chi connectivity index (χ3n) is 2.44. The van der Waals surface area contributed by atoms with Gasteiger partial charge in [0.1, 0.15) is 6.04 Å². The van der Waals surface area contributed by atoms with Gasteiger partial charge >= 0.3 is 5.97 Å². The highest BCUT2D eigenvalue weighted by atomic mass is 16.5. The van der Waals surface area contributed by atoms with E-state index in [9.17, 15) is 4.79 Å². The van der Waals surface area contributed by atoms with Crippen LogP contribution in [0.5, 0.6) is 0 Å². The fraction of sp³-hybridized carbons (Fsp3) is 0.889. The van der Waals surface area contributed by atoms with Gasteiger partial charge in [0.25, 0.3) is 0 Å². The minimum absolute atomic E-state index is 0.0969. The predicted octanol–water partition coefficient (Wildman–Crippen LogP) is 1.08. The van der Waals surface area contributed by atoms with Gasteiger partial charge in [-0.05, 0) is 19.3 Å². The Morgan fingerprint density at radius 2 is 2.33 bits per heavy atom. The minimum Gasteiger partial charge on any atom is -0.468 e. The molecule has 0 spiro atoms. The highest BCUT2D eigenvalue weighted by Gasteiger charge is 2.24. The molecule has 3 nitrogen and oxygen atoms in total. The molecule has 1 rings (SSSR count). The summed E-state index contributed by atoms with van der Waals surface area (Å²) < 4.78 is 4.67. The van der Waals surface area contributed by atoms with Gasteiger partial charge in [0.2, 0.25) is 0 Å². The number of methoxy groups -OCH3 is 1. The summed E-state index contributed by atoms with van der Waals surface area (Å²) >= 11 is 0. The lowest BCUT2D eigenvalue weighted by Gasteiger charge is -2.29. The van der Waals surface area contributed by atoms with Crippen LogP contribution in [-0.4, -0.2) is 25.2 Å². The van der Waals surface area contributed by atoms with E-state index in [0.29, 0.717) is 6.04 Å². The van der Waals surface area contributed by atoms with Gasteiger partial charge in [0, 0.05) is 6.04 Å². The van der Waals surface area contributed by atoms with Gasteiger partial charge in [0.05, 0.1) is 7.11 Å². The number of esters is 1. The highest BCUT2D eigenvalue weighted by Crippen LogP contribution is 2.19. The number of nitrogens with one attached hydrogen (secondary N) is 1. The van der Waals surface area contributed by atoms with Crippen LogP contribution in [0, 0.1) is 0 Å². The summed E-state index contributed by atoms with van der Waals surface area (Å²) in [6, 6.07) is 0.453. The molecule has 0 aliphatic heterocycles. The lowest BCUT2D eigenvalue weighted by Crippen LogP contribution is -2.46. The molecule has 0 aromatic carbocycles. The first kappa shape index (κ1) is 9.52. The van der Waals surface area contributed by atoms with Crippen molar-refractivity contribution >= 4 is 5.97 Å². The van der Waals surface area contributed by atoms with Gasteiger partial charge in [-0.1, -0.05) is 13.3 Å². The summed E-state index contributed by atoms with van der Waals surface area (Å²) in [7, 11) is 1.44. The standard InChI is InChI=1S/C9H17NO2/c1-3-8(9(11)12-2)10-7-5-4-6-7/h7-8,10H,3-6H2,1-2H3/t8-/m1/s1. The fourth-order valence-electron chi connectivity index (χ4n) is 1.35. The van der Waals surface area contributed by atoms with E-state index in [0.717, 1.165) is 6.42 Å². The van der Waals surface area contributed by atoms with E-state index in [-0.39, 0.29) is 12.0 Å². The van der Waals surface area contributed by atoms with Crippen molar-refractivity contribution < 1.29 is 9.53 Å². The zero-order chi connectivity index (χ0) is 8.97. The minimum atomic E-state index is -0.135. The van der Waals surface area contributed by atoms with Crippen LogP contribution in [0.15, 0.2) is 0 Å². The van der Waals surface area contributed by atoms with E-state index in [1.54, 1.807) is 0 Å². The van der Waals surface area contributed by atoms with Crippen molar-refractivity contribution in [2.45, 2.75) is 44.7 Å². The van der Waals surface area contributed by atoms with E-state index in [1.807, 2.05) is 6.92 Å². The predicted molar refractivity (Wildman–Crippen MR) is 46.9 cm³/mol. The van der Waals surface area contributed by atoms with Crippen LogP contribution in [0.3, 0.4) is 0 Å². The Hall–Kier alpha value is -0.570. The van der Waals surface area contributed by atoms with E-state index >= 15 is 0 Å². The molecular weight excluding hydrogens is 154 g/mol. The molecule has 12 heavy (non-hydrogen) atoms. The quantitative estimate of drug-likeness (QED) is 0.643. The number of carbonyl (C=O) groups is 1. The van der Waals surface area contributed by atoms with Crippen molar-refractivity contribution in [3.05, 3.63) is 0 Å². The van der Waals surface area contributed by atoms with Crippen LogP contribution in [0.2, 0.25) is 0 Å². The first-order chi connectivity index (χ1) is 5.77. The number of hydrogen-bond donors (Lipinski definition) is 1. The van der Waals surface area contributed by atoms with Crippen molar-refractivity contribution in [1.82, 2.24) is 5.32 Å². The van der Waals surface area contributed by atoms with E-state index in [2.05, 4.69) is 10.1 Å². The maximum atomic E-state index is 11.1. The summed E-state index contributed by atoms with van der Waals surface area (Å²) in [4.78, 5) is 11.1. The first-order valence-corrected chi connectivity index (χ1v) is 4.61. The summed E-state index contributed by atoms with van der Waals surface area (Å²) in [6.07, 6.45) is 4.50. The summed E-state index contributed by atoms with van der Waals surface area (Å²) in [5.41, 5.74) is 0. The second-order valence-electron chi connectivity index (χ2n) is 3.28. The van der Waals surface area contributed by atoms with Crippen molar-refractivity contribution in [2.75, 3.05) is 7.11 Å². The Morgan fingerprint density at radius 3 is 2.67 bits per heavy atom. The number of ether oxygens (including phenoxy) is 1. The molecule has 1 saturated carbocycles. The molecule has 0 unspecified atom stereocenters. The van der Waals surface area contributed by atoms with Gasteiger partial charge in [-0.3, -0.25) is 4.79 Å². The monoisotopic (exact) mass is 171 g/mol. The molecule has 70 valence electrons. The van der Waals surface area contributed by atoms with Gasteiger partial charge in [-0.25, -0.2) is 0 Å². The van der Waals surface area contributed by atoms with E-state index in [1.165, 1.54) is 26.4 Å². The lowest BCUT2D eigenvalue weighted by atomic mass is 9.92. The molecule has 0 aromatic rings. The lowest BCUT2D eigenvalue weighted by molar-refractivity contribution is -0.143. The molecule has 1 aliphatic rings. The van der Waals surface area contributed by atoms with Gasteiger partial charge < -0.3 is 10.1 Å². The Labute approximate surface area is 73.5 Å². The van der Waals surface area contributed by atoms with Crippen molar-refractivity contribution in [3.8, 4) is 0 Å². The van der Waals surface area contributed by atoms with Crippen LogP contribution in [0.4, 0.5) is 0 Å². The summed E-state index contributed by atoms with van der Waals surface area (Å²) in [5.74, 6) is -0.135. The molecule has 1 aliphatic carbocycles. The normalized spacial score (nSPS) is 19.8. The maximum absolute atomic E-state index is 11.1. The highest BCUT2D eigenvalue weighted by molar-refractivity contribution is 5.75. The molecule has 0 aromatic heterocycles. The summed E-state index contributed by atoms with van der Waals surface area (Å²) in [5, 5.41) is 3.28. The van der Waals surface area contributed by atoms with Crippen LogP contribution in [0.1, 0.15) is 32.6 Å². The molecular formula is C9H17NO2. The average Bonchev–Trinajstić information content (AvgIpc) is 2.02. The smallest absolute Gasteiger partial charge is 0.322 e. The van der Waals surface area contributed by atoms with Gasteiger partial charge in [-0.15, -0.1) is 0 Å². The van der Waals surface area contributed by atoms with Crippen molar-refractivity contribution in [1.29, 1.82) is 0 Å². The fourth-order valence-corrected chi connectivity index (χ4v) is 1.35. The zero-order valence-corrected chi connectivity index (χ0v) is 7.80. The zero-order valence-electron chi connectivity index (χ0n) is 7.80. The Morgan fingerprint density at radius 1 is 1.67 bits per heavy atom. The van der Waals surface area contributed by atoms with Gasteiger partial charge in [0.15, 0.2) is 0 Å². The molecule has 1 N–H and O–H groups in total. The number of carbonyl (C=O) groups excluding carboxylic acids is 1. The van der Waals surface area contributed by atoms with E-state index < -0.39 is 0 Å². The maximum Gasteiger partial charge on any atom is 0.322 e. The van der Waals surface area contributed by atoms with Gasteiger partial charge in [-0.2, -0.15) is 0 Å². The second-order valence-corrected chi connectivity index (χ2v) is 3.28. The molecule has 1 atom stereocenters. The first-order valence-electron chi connectivity index (χ1n) is 4.61. The van der Waals surface area contributed by atoms with Crippen LogP contribution in [-0.2, 0) is 9.53 Å². The van der Waals surface area contributed by atoms with Crippen LogP contribution >= 0.6 is 0 Å². The molecule has 0 heterocycles. The van der Waals surface area contributed by atoms with Crippen LogP contribution in [0.25, 0.3) is 0 Å². The molecule has 0 bridgehead atoms. The summed E-state index contributed by atoms with van der Waals surface area (Å²) in [6.45, 7) is 1.99. The Bertz CT molecular complexity index is 155. The third-order valence-corrected chi connectivity index (χ3v) is 2.44. The molecule has 3 heteroatoms.